The van der Waals surface area contributed by atoms with E-state index in [-0.39, 0.29) is 29.8 Å². The molecule has 3 rings (SSSR count). The lowest BCUT2D eigenvalue weighted by atomic mass is 9.97. The minimum Gasteiger partial charge on any atom is -0.497 e. The van der Waals surface area contributed by atoms with E-state index >= 15 is 0 Å². The van der Waals surface area contributed by atoms with E-state index in [0.717, 1.165) is 12.1 Å². The predicted octanol–water partition coefficient (Wildman–Crippen LogP) is 2.43. The van der Waals surface area contributed by atoms with E-state index in [1.807, 2.05) is 18.2 Å². The maximum Gasteiger partial charge on any atom is 0.243 e. The molecule has 30 heavy (non-hydrogen) atoms. The van der Waals surface area contributed by atoms with Gasteiger partial charge in [-0.15, -0.1) is 0 Å². The highest BCUT2D eigenvalue weighted by molar-refractivity contribution is 7.89. The Morgan fingerprint density at radius 1 is 1.13 bits per heavy atom. The second-order valence-electron chi connectivity index (χ2n) is 6.95. The average molecular weight is 437 g/mol. The van der Waals surface area contributed by atoms with Crippen molar-refractivity contribution in [2.24, 2.45) is 5.92 Å². The highest BCUT2D eigenvalue weighted by atomic mass is 32.2. The van der Waals surface area contributed by atoms with E-state index in [4.69, 9.17) is 9.47 Å². The Morgan fingerprint density at radius 3 is 2.47 bits per heavy atom. The van der Waals surface area contributed by atoms with Crippen molar-refractivity contribution < 1.29 is 27.1 Å². The fraction of sp³-hybridized carbons (Fsp3) is 0.381. The first-order valence-electron chi connectivity index (χ1n) is 9.70. The molecule has 7 nitrogen and oxygen atoms in total. The number of nitrogens with zero attached hydrogens (tertiary/aromatic N) is 1. The van der Waals surface area contributed by atoms with Gasteiger partial charge in [0.05, 0.1) is 18.6 Å². The largest absolute Gasteiger partial charge is 0.497 e. The molecule has 1 aliphatic rings. The van der Waals surface area contributed by atoms with E-state index in [1.54, 1.807) is 13.2 Å². The third kappa shape index (κ3) is 5.48. The number of amides is 1. The van der Waals surface area contributed by atoms with Crippen LogP contribution in [0, 0.1) is 11.7 Å². The van der Waals surface area contributed by atoms with Gasteiger partial charge in [0.15, 0.2) is 0 Å². The number of methoxy groups -OCH3 is 1. The molecule has 0 atom stereocenters. The van der Waals surface area contributed by atoms with Crippen molar-refractivity contribution in [3.05, 3.63) is 54.3 Å². The van der Waals surface area contributed by atoms with Crippen molar-refractivity contribution >= 4 is 15.9 Å². The van der Waals surface area contributed by atoms with Crippen molar-refractivity contribution in [1.82, 2.24) is 9.62 Å². The van der Waals surface area contributed by atoms with E-state index in [0.29, 0.717) is 37.5 Å². The first-order chi connectivity index (χ1) is 14.4. The zero-order valence-electron chi connectivity index (χ0n) is 16.7. The SMILES string of the molecule is COc1cccc(OCCNC(=O)C2CCN(S(=O)(=O)c3ccc(F)cc3)CC2)c1. The molecule has 1 saturated heterocycles. The molecule has 1 heterocycles. The molecule has 1 fully saturated rings. The van der Waals surface area contributed by atoms with E-state index in [1.165, 1.54) is 16.4 Å². The molecule has 1 aliphatic heterocycles. The summed E-state index contributed by atoms with van der Waals surface area (Å²) in [7, 11) is -2.10. The van der Waals surface area contributed by atoms with Gasteiger partial charge >= 0.3 is 0 Å². The number of sulfonamides is 1. The molecule has 2 aromatic carbocycles. The quantitative estimate of drug-likeness (QED) is 0.643. The summed E-state index contributed by atoms with van der Waals surface area (Å²) in [5, 5.41) is 2.84. The molecule has 1 N–H and O–H groups in total. The van der Waals surface area contributed by atoms with Crippen LogP contribution in [0.5, 0.6) is 11.5 Å². The molecule has 0 unspecified atom stereocenters. The summed E-state index contributed by atoms with van der Waals surface area (Å²) in [5.41, 5.74) is 0. The van der Waals surface area contributed by atoms with Crippen LogP contribution in [0.3, 0.4) is 0 Å². The second kappa shape index (κ2) is 9.90. The number of benzene rings is 2. The van der Waals surface area contributed by atoms with Crippen LogP contribution in [0.25, 0.3) is 0 Å². The maximum absolute atomic E-state index is 13.0. The molecule has 0 aliphatic carbocycles. The Kier molecular flexibility index (Phi) is 7.28. The van der Waals surface area contributed by atoms with Crippen molar-refractivity contribution in [2.45, 2.75) is 17.7 Å². The number of halogens is 1. The van der Waals surface area contributed by atoms with Gasteiger partial charge in [-0.3, -0.25) is 4.79 Å². The standard InChI is InChI=1S/C21H25FN2O5S/c1-28-18-3-2-4-19(15-18)29-14-11-23-21(25)16-9-12-24(13-10-16)30(26,27)20-7-5-17(22)6-8-20/h2-8,15-16H,9-14H2,1H3,(H,23,25). The van der Waals surface area contributed by atoms with Crippen molar-refractivity contribution in [1.29, 1.82) is 0 Å². The molecule has 2 aromatic rings. The molecule has 162 valence electrons. The lowest BCUT2D eigenvalue weighted by Crippen LogP contribution is -2.43. The van der Waals surface area contributed by atoms with Gasteiger partial charge in [-0.1, -0.05) is 6.07 Å². The molecule has 1 amide bonds. The summed E-state index contributed by atoms with van der Waals surface area (Å²) in [6, 6.07) is 12.0. The summed E-state index contributed by atoms with van der Waals surface area (Å²) < 4.78 is 50.4. The molecule has 9 heteroatoms. The minimum absolute atomic E-state index is 0.0569. The number of ether oxygens (including phenoxy) is 2. The van der Waals surface area contributed by atoms with Crippen molar-refractivity contribution in [2.75, 3.05) is 33.4 Å². The summed E-state index contributed by atoms with van der Waals surface area (Å²) in [6.45, 7) is 1.16. The summed E-state index contributed by atoms with van der Waals surface area (Å²) in [5.74, 6) is 0.506. The highest BCUT2D eigenvalue weighted by Gasteiger charge is 2.31. The zero-order chi connectivity index (χ0) is 21.6. The van der Waals surface area contributed by atoms with Crippen LogP contribution in [0.2, 0.25) is 0 Å². The van der Waals surface area contributed by atoms with Gasteiger partial charge in [0.25, 0.3) is 0 Å². The second-order valence-corrected chi connectivity index (χ2v) is 8.89. The number of carbonyl (C=O) groups excluding carboxylic acids is 1. The van der Waals surface area contributed by atoms with Gasteiger partial charge in [-0.25, -0.2) is 12.8 Å². The van der Waals surface area contributed by atoms with E-state index in [2.05, 4.69) is 5.32 Å². The van der Waals surface area contributed by atoms with Crippen LogP contribution in [0.1, 0.15) is 12.8 Å². The third-order valence-electron chi connectivity index (χ3n) is 4.99. The Balaban J connectivity index is 1.43. The first kappa shape index (κ1) is 22.0. The molecule has 0 spiro atoms. The van der Waals surface area contributed by atoms with Crippen LogP contribution < -0.4 is 14.8 Å². The number of hydrogen-bond donors (Lipinski definition) is 1. The fourth-order valence-electron chi connectivity index (χ4n) is 3.29. The Bertz CT molecular complexity index is 958. The number of hydrogen-bond acceptors (Lipinski definition) is 5. The number of piperidine rings is 1. The Morgan fingerprint density at radius 2 is 1.80 bits per heavy atom. The maximum atomic E-state index is 13.0. The zero-order valence-corrected chi connectivity index (χ0v) is 17.5. The van der Waals surface area contributed by atoms with Gasteiger partial charge in [-0.2, -0.15) is 4.31 Å². The van der Waals surface area contributed by atoms with Crippen molar-refractivity contribution in [3.8, 4) is 11.5 Å². The van der Waals surface area contributed by atoms with Crippen LogP contribution >= 0.6 is 0 Å². The molecule has 0 radical (unpaired) electrons. The lowest BCUT2D eigenvalue weighted by molar-refractivity contribution is -0.126. The van der Waals surface area contributed by atoms with Crippen LogP contribution in [0.15, 0.2) is 53.4 Å². The molecular weight excluding hydrogens is 411 g/mol. The predicted molar refractivity (Wildman–Crippen MR) is 109 cm³/mol. The van der Waals surface area contributed by atoms with Crippen LogP contribution in [-0.2, 0) is 14.8 Å². The van der Waals surface area contributed by atoms with Crippen molar-refractivity contribution in [3.63, 3.8) is 0 Å². The Hall–Kier alpha value is -2.65. The smallest absolute Gasteiger partial charge is 0.243 e. The minimum atomic E-state index is -3.68. The molecule has 0 bridgehead atoms. The van der Waals surface area contributed by atoms with Crippen LogP contribution in [-0.4, -0.2) is 52.0 Å². The summed E-state index contributed by atoms with van der Waals surface area (Å²) >= 11 is 0. The lowest BCUT2D eigenvalue weighted by Gasteiger charge is -2.30. The number of nitrogens with one attached hydrogen (secondary N) is 1. The number of rotatable bonds is 8. The summed E-state index contributed by atoms with van der Waals surface area (Å²) in [6.07, 6.45) is 0.867. The monoisotopic (exact) mass is 436 g/mol. The van der Waals surface area contributed by atoms with E-state index < -0.39 is 15.8 Å². The van der Waals surface area contributed by atoms with Gasteiger partial charge in [0.1, 0.15) is 23.9 Å². The van der Waals surface area contributed by atoms with Crippen LogP contribution in [0.4, 0.5) is 4.39 Å². The average Bonchev–Trinajstić information content (AvgIpc) is 2.77. The summed E-state index contributed by atoms with van der Waals surface area (Å²) in [4.78, 5) is 12.4. The highest BCUT2D eigenvalue weighted by Crippen LogP contribution is 2.24. The van der Waals surface area contributed by atoms with Gasteiger partial charge in [-0.05, 0) is 49.2 Å². The molecule has 0 aromatic heterocycles. The molecule has 0 saturated carbocycles. The van der Waals surface area contributed by atoms with Gasteiger partial charge < -0.3 is 14.8 Å². The topological polar surface area (TPSA) is 84.9 Å². The van der Waals surface area contributed by atoms with Gasteiger partial charge in [0, 0.05) is 25.1 Å². The van der Waals surface area contributed by atoms with Gasteiger partial charge in [0.2, 0.25) is 15.9 Å². The number of carbonyl (C=O) groups is 1. The molecular formula is C21H25FN2O5S. The Labute approximate surface area is 175 Å². The normalized spacial score (nSPS) is 15.5. The first-order valence-corrected chi connectivity index (χ1v) is 11.1. The fourth-order valence-corrected chi connectivity index (χ4v) is 4.76. The third-order valence-corrected chi connectivity index (χ3v) is 6.90. The van der Waals surface area contributed by atoms with E-state index in [9.17, 15) is 17.6 Å².